The first-order valence-corrected chi connectivity index (χ1v) is 5.24. The molecule has 0 bridgehead atoms. The third kappa shape index (κ3) is 2.47. The van der Waals surface area contributed by atoms with Crippen molar-refractivity contribution in [2.45, 2.75) is 6.92 Å². The van der Waals surface area contributed by atoms with E-state index in [-0.39, 0.29) is 16.3 Å². The fourth-order valence-electron chi connectivity index (χ4n) is 1.32. The lowest BCUT2D eigenvalue weighted by Gasteiger charge is -2.03. The van der Waals surface area contributed by atoms with Gasteiger partial charge in [0.2, 0.25) is 5.78 Å². The van der Waals surface area contributed by atoms with Gasteiger partial charge in [0.15, 0.2) is 0 Å². The van der Waals surface area contributed by atoms with Crippen molar-refractivity contribution in [3.8, 4) is 0 Å². The summed E-state index contributed by atoms with van der Waals surface area (Å²) in [6, 6.07) is 3.62. The summed E-state index contributed by atoms with van der Waals surface area (Å²) in [7, 11) is 0. The highest BCUT2D eigenvalue weighted by Gasteiger charge is 2.15. The molecule has 0 radical (unpaired) electrons. The highest BCUT2D eigenvalue weighted by Crippen LogP contribution is 2.19. The molecule has 0 fully saturated rings. The second-order valence-corrected chi connectivity index (χ2v) is 3.90. The maximum absolute atomic E-state index is 13.0. The van der Waals surface area contributed by atoms with Gasteiger partial charge in [-0.15, -0.1) is 0 Å². The van der Waals surface area contributed by atoms with Crippen molar-refractivity contribution in [3.63, 3.8) is 0 Å². The first-order valence-electron chi connectivity index (χ1n) is 4.86. The molecule has 0 atom stereocenters. The smallest absolute Gasteiger partial charge is 0.214 e. The zero-order valence-electron chi connectivity index (χ0n) is 8.95. The Labute approximate surface area is 102 Å². The number of hydrogen-bond acceptors (Lipinski definition) is 3. The minimum absolute atomic E-state index is 0.0878. The lowest BCUT2D eigenvalue weighted by atomic mass is 10.1. The largest absolute Gasteiger partial charge is 0.287 e. The Morgan fingerprint density at radius 3 is 2.71 bits per heavy atom. The molecule has 0 unspecified atom stereocenters. The van der Waals surface area contributed by atoms with E-state index in [2.05, 4.69) is 9.97 Å². The molecule has 5 heteroatoms. The van der Waals surface area contributed by atoms with E-state index in [1.165, 1.54) is 24.5 Å². The van der Waals surface area contributed by atoms with E-state index in [4.69, 9.17) is 11.6 Å². The first-order chi connectivity index (χ1) is 8.08. The molecule has 0 spiro atoms. The fraction of sp³-hybridized carbons (Fsp3) is 0.0833. The van der Waals surface area contributed by atoms with E-state index in [1.807, 2.05) is 0 Å². The fourth-order valence-corrected chi connectivity index (χ4v) is 1.52. The minimum Gasteiger partial charge on any atom is -0.287 e. The first kappa shape index (κ1) is 11.7. The van der Waals surface area contributed by atoms with Gasteiger partial charge in [-0.1, -0.05) is 11.6 Å². The number of aryl methyl sites for hydroxylation is 1. The van der Waals surface area contributed by atoms with Gasteiger partial charge in [0.1, 0.15) is 11.5 Å². The highest BCUT2D eigenvalue weighted by molar-refractivity contribution is 6.34. The van der Waals surface area contributed by atoms with Crippen molar-refractivity contribution in [1.29, 1.82) is 0 Å². The van der Waals surface area contributed by atoms with Crippen LogP contribution in [-0.2, 0) is 0 Å². The molecule has 1 heterocycles. The molecule has 0 saturated carbocycles. The average Bonchev–Trinajstić information content (AvgIpc) is 2.32. The summed E-state index contributed by atoms with van der Waals surface area (Å²) in [5.74, 6) is -0.958. The van der Waals surface area contributed by atoms with Crippen molar-refractivity contribution in [2.24, 2.45) is 0 Å². The van der Waals surface area contributed by atoms with Gasteiger partial charge < -0.3 is 0 Å². The Bertz CT molecular complexity index is 569. The van der Waals surface area contributed by atoms with Crippen molar-refractivity contribution < 1.29 is 9.18 Å². The van der Waals surface area contributed by atoms with E-state index >= 15 is 0 Å². The third-order valence-electron chi connectivity index (χ3n) is 2.19. The zero-order valence-corrected chi connectivity index (χ0v) is 9.70. The van der Waals surface area contributed by atoms with Crippen LogP contribution in [0.15, 0.2) is 30.6 Å². The summed E-state index contributed by atoms with van der Waals surface area (Å²) in [5, 5.41) is 0.193. The number of carbonyl (C=O) groups is 1. The molecule has 3 nitrogen and oxygen atoms in total. The molecule has 2 aromatic rings. The summed E-state index contributed by atoms with van der Waals surface area (Å²) >= 11 is 5.84. The summed E-state index contributed by atoms with van der Waals surface area (Å²) < 4.78 is 13.0. The molecule has 0 aliphatic heterocycles. The van der Waals surface area contributed by atoms with Crippen LogP contribution in [0.3, 0.4) is 0 Å². The lowest BCUT2D eigenvalue weighted by molar-refractivity contribution is 0.103. The van der Waals surface area contributed by atoms with Crippen LogP contribution in [0.2, 0.25) is 5.02 Å². The monoisotopic (exact) mass is 250 g/mol. The van der Waals surface area contributed by atoms with Crippen LogP contribution < -0.4 is 0 Å². The van der Waals surface area contributed by atoms with Crippen LogP contribution in [0.4, 0.5) is 4.39 Å². The predicted octanol–water partition coefficient (Wildman–Crippen LogP) is 2.81. The molecule has 2 rings (SSSR count). The van der Waals surface area contributed by atoms with Gasteiger partial charge in [-0.3, -0.25) is 9.78 Å². The summed E-state index contributed by atoms with van der Waals surface area (Å²) in [6.45, 7) is 1.76. The summed E-state index contributed by atoms with van der Waals surface area (Å²) in [6.07, 6.45) is 2.82. The average molecular weight is 251 g/mol. The van der Waals surface area contributed by atoms with Crippen LogP contribution in [0.1, 0.15) is 21.7 Å². The van der Waals surface area contributed by atoms with Crippen LogP contribution in [0, 0.1) is 12.7 Å². The molecular weight excluding hydrogens is 243 g/mol. The molecule has 86 valence electrons. The molecular formula is C12H8ClFN2O. The Kier molecular flexibility index (Phi) is 3.15. The number of nitrogens with zero attached hydrogens (tertiary/aromatic N) is 2. The van der Waals surface area contributed by atoms with E-state index in [0.29, 0.717) is 5.69 Å². The van der Waals surface area contributed by atoms with Gasteiger partial charge in [0.05, 0.1) is 16.9 Å². The molecule has 1 aromatic heterocycles. The van der Waals surface area contributed by atoms with Gasteiger partial charge >= 0.3 is 0 Å². The Morgan fingerprint density at radius 2 is 2.06 bits per heavy atom. The molecule has 1 aromatic carbocycles. The molecule has 17 heavy (non-hydrogen) atoms. The van der Waals surface area contributed by atoms with Crippen LogP contribution >= 0.6 is 11.6 Å². The second-order valence-electron chi connectivity index (χ2n) is 3.50. The van der Waals surface area contributed by atoms with Crippen LogP contribution in [0.5, 0.6) is 0 Å². The number of rotatable bonds is 2. The van der Waals surface area contributed by atoms with Gasteiger partial charge in [0.25, 0.3) is 0 Å². The SMILES string of the molecule is Cc1cnc(C(=O)c2cc(F)ccc2Cl)cn1. The Hall–Kier alpha value is -1.81. The Balaban J connectivity index is 2.43. The van der Waals surface area contributed by atoms with Crippen molar-refractivity contribution >= 4 is 17.4 Å². The minimum atomic E-state index is -0.516. The number of ketones is 1. The molecule has 0 aliphatic carbocycles. The van der Waals surface area contributed by atoms with Crippen molar-refractivity contribution in [2.75, 3.05) is 0 Å². The van der Waals surface area contributed by atoms with Crippen LogP contribution in [0.25, 0.3) is 0 Å². The van der Waals surface area contributed by atoms with Gasteiger partial charge in [-0.05, 0) is 25.1 Å². The van der Waals surface area contributed by atoms with E-state index < -0.39 is 11.6 Å². The second kappa shape index (κ2) is 4.59. The zero-order chi connectivity index (χ0) is 12.4. The number of carbonyl (C=O) groups excluding carboxylic acids is 1. The van der Waals surface area contributed by atoms with E-state index in [1.54, 1.807) is 6.92 Å². The van der Waals surface area contributed by atoms with Crippen molar-refractivity contribution in [3.05, 3.63) is 58.4 Å². The summed E-state index contributed by atoms with van der Waals surface area (Å²) in [4.78, 5) is 19.9. The normalized spacial score (nSPS) is 10.3. The predicted molar refractivity (Wildman–Crippen MR) is 61.6 cm³/mol. The number of hydrogen-bond donors (Lipinski definition) is 0. The molecule has 0 aliphatic rings. The molecule has 0 N–H and O–H groups in total. The number of benzene rings is 1. The van der Waals surface area contributed by atoms with Crippen LogP contribution in [-0.4, -0.2) is 15.8 Å². The summed E-state index contributed by atoms with van der Waals surface area (Å²) in [5.41, 5.74) is 0.930. The van der Waals surface area contributed by atoms with E-state index in [0.717, 1.165) is 6.07 Å². The highest BCUT2D eigenvalue weighted by atomic mass is 35.5. The quantitative estimate of drug-likeness (QED) is 0.770. The van der Waals surface area contributed by atoms with E-state index in [9.17, 15) is 9.18 Å². The van der Waals surface area contributed by atoms with Gasteiger partial charge in [-0.25, -0.2) is 9.37 Å². The lowest BCUT2D eigenvalue weighted by Crippen LogP contribution is -2.06. The van der Waals surface area contributed by atoms with Gasteiger partial charge in [0, 0.05) is 11.8 Å². The Morgan fingerprint density at radius 1 is 1.29 bits per heavy atom. The maximum atomic E-state index is 13.0. The molecule has 0 amide bonds. The van der Waals surface area contributed by atoms with Gasteiger partial charge in [-0.2, -0.15) is 0 Å². The topological polar surface area (TPSA) is 42.9 Å². The number of halogens is 2. The number of aromatic nitrogens is 2. The molecule has 0 saturated heterocycles. The third-order valence-corrected chi connectivity index (χ3v) is 2.52. The van der Waals surface area contributed by atoms with Crippen molar-refractivity contribution in [1.82, 2.24) is 9.97 Å². The standard InChI is InChI=1S/C12H8ClFN2O/c1-7-5-16-11(6-15-7)12(17)9-4-8(14)2-3-10(9)13/h2-6H,1H3. The maximum Gasteiger partial charge on any atom is 0.214 e.